The summed E-state index contributed by atoms with van der Waals surface area (Å²) in [4.78, 5) is 0. The van der Waals surface area contributed by atoms with Crippen molar-refractivity contribution >= 4 is 19.7 Å². The summed E-state index contributed by atoms with van der Waals surface area (Å²) >= 11 is 0. The number of hydrogen-bond donors (Lipinski definition) is 0. The maximum Gasteiger partial charge on any atom is 0.238 e. The maximum atomic E-state index is 12.6. The normalized spacial score (nSPS) is 34.6. The molecule has 0 amide bonds. The molecule has 1 aliphatic carbocycles. The van der Waals surface area contributed by atoms with Crippen molar-refractivity contribution in [3.05, 3.63) is 0 Å². The summed E-state index contributed by atoms with van der Waals surface area (Å²) in [5.74, 6) is 0. The molecule has 60 valence electrons. The van der Waals surface area contributed by atoms with Crippen molar-refractivity contribution in [2.24, 2.45) is 0 Å². The van der Waals surface area contributed by atoms with Gasteiger partial charge in [0.15, 0.2) is 0 Å². The lowest BCUT2D eigenvalue weighted by molar-refractivity contribution is 0.344. The highest BCUT2D eigenvalue weighted by atomic mass is 35.7. The predicted molar refractivity (Wildman–Crippen MR) is 37.3 cm³/mol. The van der Waals surface area contributed by atoms with E-state index in [0.717, 1.165) is 0 Å². The SMILES string of the molecule is O=S(=O)(Cl)[C@H]1CCC[C@@H]1F. The number of hydrogen-bond acceptors (Lipinski definition) is 2. The van der Waals surface area contributed by atoms with E-state index < -0.39 is 20.5 Å². The van der Waals surface area contributed by atoms with Gasteiger partial charge in [0.05, 0.1) is 0 Å². The molecule has 0 bridgehead atoms. The molecule has 0 spiro atoms. The monoisotopic (exact) mass is 186 g/mol. The Bertz CT molecular complexity index is 214. The average Bonchev–Trinajstić information content (AvgIpc) is 2.11. The van der Waals surface area contributed by atoms with Gasteiger partial charge in [0.25, 0.3) is 0 Å². The molecule has 0 aromatic carbocycles. The lowest BCUT2D eigenvalue weighted by atomic mass is 10.3. The maximum absolute atomic E-state index is 12.6. The van der Waals surface area contributed by atoms with Gasteiger partial charge in [0.2, 0.25) is 9.05 Å². The quantitative estimate of drug-likeness (QED) is 0.581. The Balaban J connectivity index is 2.74. The highest BCUT2D eigenvalue weighted by molar-refractivity contribution is 8.14. The van der Waals surface area contributed by atoms with Crippen molar-refractivity contribution < 1.29 is 12.8 Å². The first-order valence-corrected chi connectivity index (χ1v) is 5.46. The van der Waals surface area contributed by atoms with Crippen LogP contribution in [0.25, 0.3) is 0 Å². The summed E-state index contributed by atoms with van der Waals surface area (Å²) in [6, 6.07) is 0. The summed E-state index contributed by atoms with van der Waals surface area (Å²) in [5.41, 5.74) is 0. The first-order chi connectivity index (χ1) is 4.52. The van der Waals surface area contributed by atoms with E-state index in [1.54, 1.807) is 0 Å². The first-order valence-electron chi connectivity index (χ1n) is 3.09. The van der Waals surface area contributed by atoms with Gasteiger partial charge in [-0.2, -0.15) is 0 Å². The van der Waals surface area contributed by atoms with Gasteiger partial charge in [0.1, 0.15) is 11.4 Å². The fourth-order valence-corrected chi connectivity index (χ4v) is 2.74. The minimum Gasteiger partial charge on any atom is -0.246 e. The van der Waals surface area contributed by atoms with E-state index in [1.807, 2.05) is 0 Å². The fourth-order valence-electron chi connectivity index (χ4n) is 1.20. The zero-order valence-corrected chi connectivity index (χ0v) is 6.83. The highest BCUT2D eigenvalue weighted by Crippen LogP contribution is 2.29. The van der Waals surface area contributed by atoms with Crippen molar-refractivity contribution in [3.8, 4) is 0 Å². The molecule has 10 heavy (non-hydrogen) atoms. The van der Waals surface area contributed by atoms with Crippen LogP contribution < -0.4 is 0 Å². The van der Waals surface area contributed by atoms with Crippen LogP contribution in [0.15, 0.2) is 0 Å². The lowest BCUT2D eigenvalue weighted by Crippen LogP contribution is -2.21. The van der Waals surface area contributed by atoms with Crippen molar-refractivity contribution in [2.75, 3.05) is 0 Å². The van der Waals surface area contributed by atoms with E-state index in [9.17, 15) is 12.8 Å². The molecule has 0 aliphatic heterocycles. The van der Waals surface area contributed by atoms with Gasteiger partial charge in [-0.15, -0.1) is 0 Å². The lowest BCUT2D eigenvalue weighted by Gasteiger charge is -2.06. The molecule has 1 aliphatic rings. The van der Waals surface area contributed by atoms with Crippen LogP contribution in [0, 0.1) is 0 Å². The van der Waals surface area contributed by atoms with Gasteiger partial charge in [-0.25, -0.2) is 12.8 Å². The summed E-state index contributed by atoms with van der Waals surface area (Å²) in [7, 11) is 1.31. The van der Waals surface area contributed by atoms with Crippen LogP contribution in [0.3, 0.4) is 0 Å². The minimum absolute atomic E-state index is 0.330. The van der Waals surface area contributed by atoms with Crippen molar-refractivity contribution in [1.29, 1.82) is 0 Å². The Kier molecular flexibility index (Phi) is 2.20. The molecule has 1 saturated carbocycles. The second kappa shape index (κ2) is 2.66. The molecule has 0 aromatic heterocycles. The first kappa shape index (κ1) is 8.27. The van der Waals surface area contributed by atoms with E-state index in [0.29, 0.717) is 19.3 Å². The molecular weight excluding hydrogens is 179 g/mol. The van der Waals surface area contributed by atoms with Crippen LogP contribution in [0.2, 0.25) is 0 Å². The van der Waals surface area contributed by atoms with Crippen LogP contribution in [0.4, 0.5) is 4.39 Å². The second-order valence-electron chi connectivity index (χ2n) is 2.46. The molecule has 2 nitrogen and oxygen atoms in total. The second-order valence-corrected chi connectivity index (χ2v) is 5.31. The number of alkyl halides is 1. The topological polar surface area (TPSA) is 34.1 Å². The molecule has 0 heterocycles. The van der Waals surface area contributed by atoms with E-state index in [4.69, 9.17) is 10.7 Å². The molecule has 1 fully saturated rings. The summed E-state index contributed by atoms with van der Waals surface area (Å²) in [5, 5.41) is -0.950. The van der Waals surface area contributed by atoms with Crippen molar-refractivity contribution in [3.63, 3.8) is 0 Å². The van der Waals surface area contributed by atoms with Crippen LogP contribution in [-0.4, -0.2) is 19.8 Å². The summed E-state index contributed by atoms with van der Waals surface area (Å²) in [6.07, 6.45) is 0.0731. The zero-order valence-electron chi connectivity index (χ0n) is 5.26. The van der Waals surface area contributed by atoms with Gasteiger partial charge in [-0.05, 0) is 19.3 Å². The van der Waals surface area contributed by atoms with E-state index in [2.05, 4.69) is 0 Å². The summed E-state index contributed by atoms with van der Waals surface area (Å²) < 4.78 is 33.8. The van der Waals surface area contributed by atoms with Crippen LogP contribution >= 0.6 is 10.7 Å². The molecule has 0 radical (unpaired) electrons. The Hall–Kier alpha value is 0.170. The predicted octanol–water partition coefficient (Wildman–Crippen LogP) is 1.45. The smallest absolute Gasteiger partial charge is 0.238 e. The van der Waals surface area contributed by atoms with Gasteiger partial charge < -0.3 is 0 Å². The Morgan fingerprint density at radius 2 is 2.00 bits per heavy atom. The van der Waals surface area contributed by atoms with Crippen LogP contribution in [0.5, 0.6) is 0 Å². The Labute approximate surface area is 63.8 Å². The standard InChI is InChI=1S/C5H8ClFO2S/c6-10(8,9)5-3-1-2-4(5)7/h4-5H,1-3H2/t4-,5-/m0/s1. The molecule has 5 heteroatoms. The molecule has 2 atom stereocenters. The molecule has 0 saturated heterocycles. The molecule has 0 aromatic rings. The third-order valence-corrected chi connectivity index (χ3v) is 3.67. The van der Waals surface area contributed by atoms with Gasteiger partial charge in [0, 0.05) is 10.7 Å². The third-order valence-electron chi connectivity index (χ3n) is 1.73. The molecular formula is C5H8ClFO2S. The van der Waals surface area contributed by atoms with Crippen molar-refractivity contribution in [2.45, 2.75) is 30.7 Å². The highest BCUT2D eigenvalue weighted by Gasteiger charge is 2.36. The third kappa shape index (κ3) is 1.61. The summed E-state index contributed by atoms with van der Waals surface area (Å²) in [6.45, 7) is 0. The minimum atomic E-state index is -3.65. The zero-order chi connectivity index (χ0) is 7.78. The number of rotatable bonds is 1. The van der Waals surface area contributed by atoms with Crippen LogP contribution in [-0.2, 0) is 9.05 Å². The van der Waals surface area contributed by atoms with E-state index in [1.165, 1.54) is 0 Å². The Morgan fingerprint density at radius 3 is 2.20 bits per heavy atom. The van der Waals surface area contributed by atoms with Gasteiger partial charge >= 0.3 is 0 Å². The van der Waals surface area contributed by atoms with Crippen LogP contribution in [0.1, 0.15) is 19.3 Å². The van der Waals surface area contributed by atoms with E-state index >= 15 is 0 Å². The average molecular weight is 187 g/mol. The number of halogens is 2. The van der Waals surface area contributed by atoms with Crippen molar-refractivity contribution in [1.82, 2.24) is 0 Å². The molecule has 1 rings (SSSR count). The fraction of sp³-hybridized carbons (Fsp3) is 1.00. The molecule has 0 unspecified atom stereocenters. The van der Waals surface area contributed by atoms with Gasteiger partial charge in [-0.1, -0.05) is 0 Å². The molecule has 0 N–H and O–H groups in total. The van der Waals surface area contributed by atoms with E-state index in [-0.39, 0.29) is 0 Å². The largest absolute Gasteiger partial charge is 0.246 e. The Morgan fingerprint density at radius 1 is 1.40 bits per heavy atom. The van der Waals surface area contributed by atoms with Gasteiger partial charge in [-0.3, -0.25) is 0 Å².